The Morgan fingerprint density at radius 1 is 0.789 bits per heavy atom. The first-order chi connectivity index (χ1) is 9.26. The predicted molar refractivity (Wildman–Crippen MR) is 98.6 cm³/mol. The summed E-state index contributed by atoms with van der Waals surface area (Å²) in [4.78, 5) is 1.68. The van der Waals surface area contributed by atoms with E-state index in [0.29, 0.717) is 0 Å². The van der Waals surface area contributed by atoms with Gasteiger partial charge in [0.1, 0.15) is 0 Å². The molecule has 0 aliphatic carbocycles. The highest BCUT2D eigenvalue weighted by molar-refractivity contribution is 14.1. The van der Waals surface area contributed by atoms with E-state index >= 15 is 0 Å². The lowest BCUT2D eigenvalue weighted by atomic mass is 10.1. The first-order valence-electron chi connectivity index (χ1n) is 8.27. The SMILES string of the molecule is C=CCCCCCCCCCI.CC[NH+](CC)CC. The normalized spacial score (nSPS) is 10.2. The average molecular weight is 382 g/mol. The number of hydrogen-bond acceptors (Lipinski definition) is 0. The van der Waals surface area contributed by atoms with Gasteiger partial charge >= 0.3 is 0 Å². The molecule has 0 bridgehead atoms. The van der Waals surface area contributed by atoms with Gasteiger partial charge in [0.2, 0.25) is 0 Å². The third-order valence-corrected chi connectivity index (χ3v) is 4.30. The number of alkyl halides is 1. The van der Waals surface area contributed by atoms with Gasteiger partial charge in [0.25, 0.3) is 0 Å². The van der Waals surface area contributed by atoms with Crippen LogP contribution in [0.2, 0.25) is 0 Å². The van der Waals surface area contributed by atoms with E-state index in [2.05, 4.69) is 49.9 Å². The second kappa shape index (κ2) is 20.7. The Morgan fingerprint density at radius 3 is 1.53 bits per heavy atom. The van der Waals surface area contributed by atoms with E-state index in [4.69, 9.17) is 0 Å². The smallest absolute Gasteiger partial charge is 0.0742 e. The van der Waals surface area contributed by atoms with Crippen molar-refractivity contribution < 1.29 is 4.90 Å². The zero-order valence-corrected chi connectivity index (χ0v) is 15.8. The third-order valence-electron chi connectivity index (χ3n) is 3.54. The van der Waals surface area contributed by atoms with Gasteiger partial charge in [-0.2, -0.15) is 0 Å². The van der Waals surface area contributed by atoms with Crippen LogP contribution in [-0.4, -0.2) is 24.1 Å². The number of halogens is 1. The minimum Gasteiger partial charge on any atom is -0.336 e. The van der Waals surface area contributed by atoms with Crippen LogP contribution in [0.3, 0.4) is 0 Å². The molecule has 0 aromatic heterocycles. The minimum atomic E-state index is 1.20. The summed E-state index contributed by atoms with van der Waals surface area (Å²) in [5.41, 5.74) is 0. The molecular formula is C17H37IN+. The maximum atomic E-state index is 3.72. The van der Waals surface area contributed by atoms with Gasteiger partial charge in [-0.1, -0.05) is 60.8 Å². The summed E-state index contributed by atoms with van der Waals surface area (Å²) in [6.45, 7) is 14.2. The molecule has 0 radical (unpaired) electrons. The minimum absolute atomic E-state index is 1.20. The molecular weight excluding hydrogens is 345 g/mol. The van der Waals surface area contributed by atoms with E-state index in [1.165, 1.54) is 75.4 Å². The molecule has 2 heteroatoms. The Balaban J connectivity index is 0. The van der Waals surface area contributed by atoms with Crippen LogP contribution in [0.5, 0.6) is 0 Å². The Hall–Kier alpha value is 0.430. The number of hydrogen-bond donors (Lipinski definition) is 1. The topological polar surface area (TPSA) is 4.44 Å². The second-order valence-corrected chi connectivity index (χ2v) is 6.13. The summed E-state index contributed by atoms with van der Waals surface area (Å²) in [7, 11) is 0. The zero-order chi connectivity index (χ0) is 14.8. The van der Waals surface area contributed by atoms with Crippen LogP contribution in [0.25, 0.3) is 0 Å². The van der Waals surface area contributed by atoms with Crippen molar-refractivity contribution in [3.05, 3.63) is 12.7 Å². The lowest BCUT2D eigenvalue weighted by Gasteiger charge is -2.10. The molecule has 116 valence electrons. The highest BCUT2D eigenvalue weighted by atomic mass is 127. The fourth-order valence-corrected chi connectivity index (χ4v) is 2.56. The first kappa shape index (κ1) is 21.7. The molecule has 0 aliphatic heterocycles. The van der Waals surface area contributed by atoms with Gasteiger partial charge in [-0.3, -0.25) is 0 Å². The Morgan fingerprint density at radius 2 is 1.21 bits per heavy atom. The standard InChI is InChI=1S/C11H21I.C6H15N/c1-2-3-4-5-6-7-8-9-10-11-12;1-4-7(5-2)6-3/h2H,1,3-11H2;4-6H2,1-3H3/p+1. The van der Waals surface area contributed by atoms with Gasteiger partial charge in [0.15, 0.2) is 0 Å². The molecule has 0 amide bonds. The van der Waals surface area contributed by atoms with Gasteiger partial charge in [-0.15, -0.1) is 6.58 Å². The van der Waals surface area contributed by atoms with Crippen molar-refractivity contribution in [2.75, 3.05) is 24.1 Å². The summed E-state index contributed by atoms with van der Waals surface area (Å²) in [6.07, 6.45) is 13.1. The molecule has 0 rings (SSSR count). The van der Waals surface area contributed by atoms with Crippen LogP contribution in [0.4, 0.5) is 0 Å². The summed E-state index contributed by atoms with van der Waals surface area (Å²) < 4.78 is 1.33. The van der Waals surface area contributed by atoms with Crippen molar-refractivity contribution in [2.45, 2.75) is 72.1 Å². The van der Waals surface area contributed by atoms with Crippen LogP contribution in [0.1, 0.15) is 72.1 Å². The summed E-state index contributed by atoms with van der Waals surface area (Å²) in [5.74, 6) is 0. The number of unbranched alkanes of at least 4 members (excludes halogenated alkanes) is 7. The number of quaternary nitrogens is 1. The van der Waals surface area contributed by atoms with Crippen molar-refractivity contribution in [1.82, 2.24) is 0 Å². The van der Waals surface area contributed by atoms with Crippen molar-refractivity contribution in [3.8, 4) is 0 Å². The molecule has 0 fully saturated rings. The lowest BCUT2D eigenvalue weighted by Crippen LogP contribution is -3.11. The number of allylic oxidation sites excluding steroid dienone is 1. The first-order valence-corrected chi connectivity index (χ1v) is 9.79. The molecule has 0 aromatic rings. The van der Waals surface area contributed by atoms with Crippen molar-refractivity contribution in [1.29, 1.82) is 0 Å². The molecule has 0 saturated carbocycles. The van der Waals surface area contributed by atoms with E-state index < -0.39 is 0 Å². The lowest BCUT2D eigenvalue weighted by molar-refractivity contribution is -0.894. The molecule has 0 atom stereocenters. The van der Waals surface area contributed by atoms with Gasteiger partial charge in [-0.25, -0.2) is 0 Å². The fraction of sp³-hybridized carbons (Fsp3) is 0.882. The Kier molecular flexibility index (Phi) is 23.7. The fourth-order valence-electron chi connectivity index (χ4n) is 2.02. The van der Waals surface area contributed by atoms with E-state index in [0.717, 1.165) is 0 Å². The highest BCUT2D eigenvalue weighted by Gasteiger charge is 1.93. The third kappa shape index (κ3) is 20.9. The molecule has 1 nitrogen and oxygen atoms in total. The molecule has 0 aliphatic rings. The summed E-state index contributed by atoms with van der Waals surface area (Å²) in [5, 5.41) is 0. The summed E-state index contributed by atoms with van der Waals surface area (Å²) in [6, 6.07) is 0. The molecule has 0 saturated heterocycles. The molecule has 0 spiro atoms. The largest absolute Gasteiger partial charge is 0.336 e. The summed E-state index contributed by atoms with van der Waals surface area (Å²) >= 11 is 2.46. The van der Waals surface area contributed by atoms with Crippen LogP contribution in [-0.2, 0) is 0 Å². The zero-order valence-electron chi connectivity index (χ0n) is 13.6. The number of rotatable bonds is 12. The van der Waals surface area contributed by atoms with E-state index in [1.54, 1.807) is 4.90 Å². The van der Waals surface area contributed by atoms with Crippen molar-refractivity contribution in [2.24, 2.45) is 0 Å². The van der Waals surface area contributed by atoms with Gasteiger partial charge in [0, 0.05) is 0 Å². The predicted octanol–water partition coefficient (Wildman–Crippen LogP) is 4.66. The van der Waals surface area contributed by atoms with Crippen molar-refractivity contribution >= 4 is 22.6 Å². The Labute approximate surface area is 136 Å². The monoisotopic (exact) mass is 382 g/mol. The highest BCUT2D eigenvalue weighted by Crippen LogP contribution is 2.09. The van der Waals surface area contributed by atoms with Crippen LogP contribution in [0, 0.1) is 0 Å². The average Bonchev–Trinajstić information content (AvgIpc) is 2.44. The van der Waals surface area contributed by atoms with E-state index in [9.17, 15) is 0 Å². The van der Waals surface area contributed by atoms with E-state index in [-0.39, 0.29) is 0 Å². The maximum absolute atomic E-state index is 3.72. The van der Waals surface area contributed by atoms with Gasteiger partial charge in [0.05, 0.1) is 19.6 Å². The second-order valence-electron chi connectivity index (χ2n) is 5.05. The number of nitrogens with one attached hydrogen (secondary N) is 1. The van der Waals surface area contributed by atoms with Crippen LogP contribution < -0.4 is 4.90 Å². The maximum Gasteiger partial charge on any atom is 0.0742 e. The van der Waals surface area contributed by atoms with Crippen LogP contribution >= 0.6 is 22.6 Å². The quantitative estimate of drug-likeness (QED) is 0.217. The molecule has 0 aromatic carbocycles. The molecule has 0 heterocycles. The van der Waals surface area contributed by atoms with Crippen LogP contribution in [0.15, 0.2) is 12.7 Å². The van der Waals surface area contributed by atoms with Gasteiger partial charge < -0.3 is 4.90 Å². The molecule has 19 heavy (non-hydrogen) atoms. The Bertz CT molecular complexity index is 150. The molecule has 0 unspecified atom stereocenters. The van der Waals surface area contributed by atoms with Crippen molar-refractivity contribution in [3.63, 3.8) is 0 Å². The van der Waals surface area contributed by atoms with E-state index in [1.807, 2.05) is 6.08 Å². The molecule has 1 N–H and O–H groups in total. The van der Waals surface area contributed by atoms with Gasteiger partial charge in [-0.05, 0) is 44.5 Å².